The van der Waals surface area contributed by atoms with Gasteiger partial charge in [0.1, 0.15) is 11.8 Å². The van der Waals surface area contributed by atoms with Crippen LogP contribution in [0.4, 0.5) is 22.2 Å². The number of aromatic nitrogens is 2. The van der Waals surface area contributed by atoms with Crippen molar-refractivity contribution in [3.63, 3.8) is 0 Å². The summed E-state index contributed by atoms with van der Waals surface area (Å²) < 4.78 is 5.21. The molecule has 1 unspecified atom stereocenters. The first-order valence-electron chi connectivity index (χ1n) is 9.65. The Hall–Kier alpha value is -2.65. The molecule has 1 aliphatic carbocycles. The monoisotopic (exact) mass is 394 g/mol. The maximum atomic E-state index is 11.8. The number of hydrogen-bond donors (Lipinski definition) is 3. The first kappa shape index (κ1) is 21.6. The van der Waals surface area contributed by atoms with Crippen LogP contribution < -0.4 is 16.0 Å². The number of hydrogen-bond acceptors (Lipinski definition) is 8. The summed E-state index contributed by atoms with van der Waals surface area (Å²) in [5.74, 6) is 0.560. The molecule has 0 bridgehead atoms. The number of amides is 1. The molecule has 0 radical (unpaired) electrons. The largest absolute Gasteiger partial charge is 0.444 e. The predicted octanol–water partition coefficient (Wildman–Crippen LogP) is 3.45. The SMILES string of the molecule is CC(CCNc1nc(NC2CCCC2)ncc1[N+](=O)[O-])NC(=O)OC(C)(C)C. The fourth-order valence-electron chi connectivity index (χ4n) is 2.95. The van der Waals surface area contributed by atoms with Gasteiger partial charge in [-0.1, -0.05) is 12.8 Å². The fourth-order valence-corrected chi connectivity index (χ4v) is 2.95. The van der Waals surface area contributed by atoms with Crippen molar-refractivity contribution in [2.24, 2.45) is 0 Å². The van der Waals surface area contributed by atoms with Gasteiger partial charge in [-0.25, -0.2) is 9.78 Å². The minimum atomic E-state index is -0.563. The van der Waals surface area contributed by atoms with Crippen molar-refractivity contribution in [1.82, 2.24) is 15.3 Å². The van der Waals surface area contributed by atoms with Crippen molar-refractivity contribution in [2.45, 2.75) is 77.5 Å². The van der Waals surface area contributed by atoms with Crippen molar-refractivity contribution in [2.75, 3.05) is 17.2 Å². The molecule has 0 saturated heterocycles. The molecule has 0 aliphatic heterocycles. The second-order valence-corrected chi connectivity index (χ2v) is 8.07. The van der Waals surface area contributed by atoms with Crippen LogP contribution in [0.1, 0.15) is 59.8 Å². The van der Waals surface area contributed by atoms with Crippen molar-refractivity contribution in [3.05, 3.63) is 16.3 Å². The van der Waals surface area contributed by atoms with Crippen molar-refractivity contribution in [3.8, 4) is 0 Å². The summed E-state index contributed by atoms with van der Waals surface area (Å²) >= 11 is 0. The van der Waals surface area contributed by atoms with Gasteiger partial charge in [-0.15, -0.1) is 0 Å². The summed E-state index contributed by atoms with van der Waals surface area (Å²) in [4.78, 5) is 30.9. The van der Waals surface area contributed by atoms with Crippen LogP contribution in [0.3, 0.4) is 0 Å². The van der Waals surface area contributed by atoms with Crippen LogP contribution >= 0.6 is 0 Å². The highest BCUT2D eigenvalue weighted by Crippen LogP contribution is 2.25. The van der Waals surface area contributed by atoms with Gasteiger partial charge in [0.15, 0.2) is 0 Å². The van der Waals surface area contributed by atoms with Crippen molar-refractivity contribution < 1.29 is 14.5 Å². The van der Waals surface area contributed by atoms with E-state index in [0.29, 0.717) is 25.0 Å². The van der Waals surface area contributed by atoms with Crippen LogP contribution in [-0.2, 0) is 4.74 Å². The van der Waals surface area contributed by atoms with E-state index in [1.807, 2.05) is 6.92 Å². The van der Waals surface area contributed by atoms with E-state index in [1.165, 1.54) is 6.20 Å². The van der Waals surface area contributed by atoms with Crippen LogP contribution in [0, 0.1) is 10.1 Å². The quantitative estimate of drug-likeness (QED) is 0.451. The average molecular weight is 394 g/mol. The molecule has 156 valence electrons. The summed E-state index contributed by atoms with van der Waals surface area (Å²) in [7, 11) is 0. The van der Waals surface area contributed by atoms with E-state index in [2.05, 4.69) is 25.9 Å². The normalized spacial score (nSPS) is 15.7. The highest BCUT2D eigenvalue weighted by Gasteiger charge is 2.21. The predicted molar refractivity (Wildman–Crippen MR) is 107 cm³/mol. The number of ether oxygens (including phenoxy) is 1. The molecule has 2 rings (SSSR count). The molecule has 1 aromatic heterocycles. The number of rotatable bonds is 8. The van der Waals surface area contributed by atoms with Crippen LogP contribution in [0.5, 0.6) is 0 Å². The third-order valence-corrected chi connectivity index (χ3v) is 4.29. The third-order valence-electron chi connectivity index (χ3n) is 4.29. The molecule has 3 N–H and O–H groups in total. The third kappa shape index (κ3) is 7.16. The molecule has 1 heterocycles. The number of nitrogens with one attached hydrogen (secondary N) is 3. The van der Waals surface area contributed by atoms with Crippen LogP contribution in [-0.4, -0.2) is 45.2 Å². The number of alkyl carbamates (subject to hydrolysis) is 1. The lowest BCUT2D eigenvalue weighted by Crippen LogP contribution is -2.38. The summed E-state index contributed by atoms with van der Waals surface area (Å²) in [6.45, 7) is 7.63. The Kier molecular flexibility index (Phi) is 7.36. The first-order valence-corrected chi connectivity index (χ1v) is 9.65. The zero-order valence-corrected chi connectivity index (χ0v) is 16.9. The maximum absolute atomic E-state index is 11.8. The molecule has 1 fully saturated rings. The molecule has 28 heavy (non-hydrogen) atoms. The highest BCUT2D eigenvalue weighted by atomic mass is 16.6. The lowest BCUT2D eigenvalue weighted by molar-refractivity contribution is -0.384. The van der Waals surface area contributed by atoms with E-state index in [0.717, 1.165) is 25.7 Å². The number of anilines is 2. The molecule has 10 heteroatoms. The van der Waals surface area contributed by atoms with Gasteiger partial charge in [-0.3, -0.25) is 10.1 Å². The van der Waals surface area contributed by atoms with Crippen LogP contribution in [0.2, 0.25) is 0 Å². The van der Waals surface area contributed by atoms with Gasteiger partial charge in [0.25, 0.3) is 0 Å². The highest BCUT2D eigenvalue weighted by molar-refractivity contribution is 5.68. The number of nitro groups is 1. The van der Waals surface area contributed by atoms with Crippen LogP contribution in [0.25, 0.3) is 0 Å². The fraction of sp³-hybridized carbons (Fsp3) is 0.722. The van der Waals surface area contributed by atoms with Crippen LogP contribution in [0.15, 0.2) is 6.20 Å². The van der Waals surface area contributed by atoms with E-state index < -0.39 is 16.6 Å². The summed E-state index contributed by atoms with van der Waals surface area (Å²) in [5.41, 5.74) is -0.739. The topological polar surface area (TPSA) is 131 Å². The molecule has 0 spiro atoms. The second kappa shape index (κ2) is 9.52. The van der Waals surface area contributed by atoms with Gasteiger partial charge in [0.05, 0.1) is 4.92 Å². The summed E-state index contributed by atoms with van der Waals surface area (Å²) in [5, 5.41) is 20.2. The second-order valence-electron chi connectivity index (χ2n) is 8.07. The van der Waals surface area contributed by atoms with E-state index >= 15 is 0 Å². The Bertz CT molecular complexity index is 685. The lowest BCUT2D eigenvalue weighted by Gasteiger charge is -2.22. The van der Waals surface area contributed by atoms with Crippen molar-refractivity contribution >= 4 is 23.5 Å². The Morgan fingerprint density at radius 3 is 2.68 bits per heavy atom. The average Bonchev–Trinajstić information content (AvgIpc) is 3.05. The lowest BCUT2D eigenvalue weighted by atomic mass is 10.2. The molecule has 1 amide bonds. The molecule has 1 saturated carbocycles. The Labute approximate surface area is 165 Å². The minimum Gasteiger partial charge on any atom is -0.444 e. The number of nitrogens with zero attached hydrogens (tertiary/aromatic N) is 3. The zero-order chi connectivity index (χ0) is 20.7. The zero-order valence-electron chi connectivity index (χ0n) is 16.9. The van der Waals surface area contributed by atoms with E-state index in [4.69, 9.17) is 4.74 Å². The Balaban J connectivity index is 1.90. The van der Waals surface area contributed by atoms with Gasteiger partial charge in [0, 0.05) is 18.6 Å². The van der Waals surface area contributed by atoms with Gasteiger partial charge in [0.2, 0.25) is 11.8 Å². The van der Waals surface area contributed by atoms with E-state index in [1.54, 1.807) is 20.8 Å². The molecular weight excluding hydrogens is 364 g/mol. The first-order chi connectivity index (χ1) is 13.1. The summed E-state index contributed by atoms with van der Waals surface area (Å²) in [6, 6.07) is 0.145. The Morgan fingerprint density at radius 2 is 2.07 bits per heavy atom. The maximum Gasteiger partial charge on any atom is 0.407 e. The van der Waals surface area contributed by atoms with E-state index in [9.17, 15) is 14.9 Å². The molecule has 1 aromatic rings. The summed E-state index contributed by atoms with van der Waals surface area (Å²) in [6.07, 6.45) is 5.71. The molecular formula is C18H30N6O4. The smallest absolute Gasteiger partial charge is 0.407 e. The molecule has 1 aliphatic rings. The molecule has 10 nitrogen and oxygen atoms in total. The Morgan fingerprint density at radius 1 is 1.39 bits per heavy atom. The van der Waals surface area contributed by atoms with Gasteiger partial charge < -0.3 is 20.7 Å². The van der Waals surface area contributed by atoms with Gasteiger partial charge in [-0.2, -0.15) is 4.98 Å². The van der Waals surface area contributed by atoms with Gasteiger partial charge in [-0.05, 0) is 47.0 Å². The minimum absolute atomic E-state index is 0.167. The number of carbonyl (C=O) groups excluding carboxylic acids is 1. The van der Waals surface area contributed by atoms with E-state index in [-0.39, 0.29) is 17.5 Å². The standard InChI is InChI=1S/C18H30N6O4/c1-12(21-17(25)28-18(2,3)4)9-10-19-15-14(24(26)27)11-20-16(23-15)22-13-7-5-6-8-13/h11-13H,5-10H2,1-4H3,(H,21,25)(H2,19,20,22,23). The molecule has 1 atom stereocenters. The van der Waals surface area contributed by atoms with Crippen molar-refractivity contribution in [1.29, 1.82) is 0 Å². The molecule has 0 aromatic carbocycles. The number of carbonyl (C=O) groups is 1. The van der Waals surface area contributed by atoms with Gasteiger partial charge >= 0.3 is 11.8 Å².